The molecule has 0 saturated carbocycles. The van der Waals surface area contributed by atoms with Crippen molar-refractivity contribution in [3.8, 4) is 33.4 Å². The summed E-state index contributed by atoms with van der Waals surface area (Å²) < 4.78 is 0. The molecule has 69 heavy (non-hydrogen) atoms. The molecule has 0 atom stereocenters. The molecule has 1 aliphatic carbocycles. The molecule has 0 N–H and O–H groups in total. The number of anilines is 5. The summed E-state index contributed by atoms with van der Waals surface area (Å²) in [5.74, 6) is 0. The minimum Gasteiger partial charge on any atom is -0.376 e. The third kappa shape index (κ3) is 5.32. The van der Waals surface area contributed by atoms with E-state index in [0.717, 1.165) is 0 Å². The Morgan fingerprint density at radius 1 is 0.449 bits per heavy atom. The second kappa shape index (κ2) is 14.1. The molecule has 330 valence electrons. The Hall–Kier alpha value is -6.44. The van der Waals surface area contributed by atoms with Gasteiger partial charge in [0, 0.05) is 53.6 Å². The van der Waals surface area contributed by atoms with Gasteiger partial charge in [0.25, 0.3) is 0 Å². The Morgan fingerprint density at radius 2 is 1.03 bits per heavy atom. The lowest BCUT2D eigenvalue weighted by atomic mass is 9.43. The van der Waals surface area contributed by atoms with Crippen molar-refractivity contribution in [2.45, 2.75) is 77.9 Å². The van der Waals surface area contributed by atoms with Gasteiger partial charge in [0.05, 0.1) is 0 Å². The van der Waals surface area contributed by atoms with E-state index >= 15 is 0 Å². The van der Waals surface area contributed by atoms with E-state index in [1.165, 1.54) is 143 Å². The van der Waals surface area contributed by atoms with Crippen LogP contribution >= 0.6 is 23.5 Å². The molecule has 2 nitrogen and oxygen atoms in total. The molecule has 0 fully saturated rings. The lowest BCUT2D eigenvalue weighted by Gasteiger charge is -2.52. The van der Waals surface area contributed by atoms with Gasteiger partial charge in [0.15, 0.2) is 8.07 Å². The average molecular weight is 937 g/mol. The third-order valence-corrected chi connectivity index (χ3v) is 24.3. The van der Waals surface area contributed by atoms with Gasteiger partial charge in [-0.3, -0.25) is 0 Å². The summed E-state index contributed by atoms with van der Waals surface area (Å²) in [7, 11) is -2.82. The van der Waals surface area contributed by atoms with Crippen molar-refractivity contribution in [1.29, 1.82) is 0 Å². The second-order valence-electron chi connectivity index (χ2n) is 21.5. The molecule has 0 aromatic heterocycles. The zero-order chi connectivity index (χ0) is 46.1. The van der Waals surface area contributed by atoms with Gasteiger partial charge in [-0.25, -0.2) is 0 Å². The smallest absolute Gasteiger partial charge is 0.333 e. The van der Waals surface area contributed by atoms with Gasteiger partial charge in [-0.1, -0.05) is 185 Å². The van der Waals surface area contributed by atoms with Crippen molar-refractivity contribution in [1.82, 2.24) is 0 Å². The number of fused-ring (bicyclic) bond motifs is 16. The summed E-state index contributed by atoms with van der Waals surface area (Å²) in [6.07, 6.45) is 2.36. The number of para-hydroxylation sites is 2. The Bertz CT molecular complexity index is 3700. The van der Waals surface area contributed by atoms with Crippen LogP contribution in [-0.4, -0.2) is 14.9 Å². The van der Waals surface area contributed by atoms with E-state index in [0.29, 0.717) is 0 Å². The van der Waals surface area contributed by atoms with Crippen molar-refractivity contribution >= 4 is 98.6 Å². The van der Waals surface area contributed by atoms with Crippen molar-refractivity contribution in [2.24, 2.45) is 0 Å². The van der Waals surface area contributed by atoms with Crippen LogP contribution in [0, 0.1) is 6.92 Å². The number of rotatable bonds is 2. The molecular weight excluding hydrogens is 888 g/mol. The quantitative estimate of drug-likeness (QED) is 0.159. The first-order chi connectivity index (χ1) is 33.6. The van der Waals surface area contributed by atoms with Crippen molar-refractivity contribution in [3.63, 3.8) is 0 Å². The van der Waals surface area contributed by atoms with Gasteiger partial charge in [-0.2, -0.15) is 0 Å². The maximum atomic E-state index is 2.82. The highest BCUT2D eigenvalue weighted by molar-refractivity contribution is 8.05. The van der Waals surface area contributed by atoms with Gasteiger partial charge in [0.2, 0.25) is 0 Å². The molecule has 9 aromatic carbocycles. The zero-order valence-electron chi connectivity index (χ0n) is 39.5. The zero-order valence-corrected chi connectivity index (χ0v) is 42.2. The van der Waals surface area contributed by atoms with Crippen LogP contribution in [0.4, 0.5) is 28.4 Å². The van der Waals surface area contributed by atoms with Crippen LogP contribution in [0.5, 0.6) is 0 Å². The van der Waals surface area contributed by atoms with Gasteiger partial charge >= 0.3 is 6.85 Å². The molecule has 0 bridgehead atoms. The summed E-state index contributed by atoms with van der Waals surface area (Å²) in [5.41, 5.74) is 21.7. The molecule has 0 radical (unpaired) electrons. The fourth-order valence-corrected chi connectivity index (χ4v) is 21.4. The lowest BCUT2D eigenvalue weighted by Crippen LogP contribution is -2.78. The minimum absolute atomic E-state index is 0.0516. The van der Waals surface area contributed by atoms with E-state index in [-0.39, 0.29) is 17.7 Å². The van der Waals surface area contributed by atoms with Gasteiger partial charge in [-0.15, -0.1) is 0 Å². The van der Waals surface area contributed by atoms with Crippen LogP contribution in [-0.2, 0) is 10.8 Å². The van der Waals surface area contributed by atoms with Gasteiger partial charge in [-0.05, 0) is 155 Å². The van der Waals surface area contributed by atoms with Crippen LogP contribution < -0.4 is 41.4 Å². The topological polar surface area (TPSA) is 6.48 Å². The summed E-state index contributed by atoms with van der Waals surface area (Å²) in [5, 5.41) is 5.97. The molecule has 6 aliphatic rings. The van der Waals surface area contributed by atoms with E-state index in [2.05, 4.69) is 226 Å². The summed E-state index contributed by atoms with van der Waals surface area (Å²) in [4.78, 5) is 10.8. The fourth-order valence-electron chi connectivity index (χ4n) is 13.6. The molecule has 0 amide bonds. The highest BCUT2D eigenvalue weighted by atomic mass is 32.2. The van der Waals surface area contributed by atoms with E-state index in [9.17, 15) is 0 Å². The van der Waals surface area contributed by atoms with E-state index in [1.54, 1.807) is 0 Å². The number of aryl methyl sites for hydroxylation is 1. The average Bonchev–Trinajstić information content (AvgIpc) is 3.67. The van der Waals surface area contributed by atoms with Crippen LogP contribution in [0.1, 0.15) is 57.2 Å². The highest BCUT2D eigenvalue weighted by Gasteiger charge is 2.58. The first kappa shape index (κ1) is 40.4. The van der Waals surface area contributed by atoms with Crippen LogP contribution in [0.2, 0.25) is 0 Å². The number of hydrogen-bond donors (Lipinski definition) is 0. The van der Waals surface area contributed by atoms with Crippen molar-refractivity contribution < 1.29 is 0 Å². The lowest BCUT2D eigenvalue weighted by molar-refractivity contribution is 0.332. The molecule has 1 spiro atoms. The normalized spacial score (nSPS) is 17.1. The molecule has 5 aliphatic heterocycles. The molecule has 9 aromatic rings. The Balaban J connectivity index is 1.09. The first-order valence-corrected chi connectivity index (χ1v) is 28.3. The molecule has 6 heteroatoms. The largest absolute Gasteiger partial charge is 0.376 e. The molecule has 0 saturated heterocycles. The Kier molecular flexibility index (Phi) is 8.26. The van der Waals surface area contributed by atoms with Gasteiger partial charge in [0.1, 0.15) is 0 Å². The molecule has 0 unspecified atom stereocenters. The Labute approximate surface area is 415 Å². The van der Waals surface area contributed by atoms with E-state index < -0.39 is 8.07 Å². The maximum Gasteiger partial charge on any atom is 0.333 e. The van der Waals surface area contributed by atoms with Crippen molar-refractivity contribution in [3.05, 3.63) is 199 Å². The third-order valence-electron chi connectivity index (χ3n) is 16.9. The summed E-state index contributed by atoms with van der Waals surface area (Å²) in [6, 6.07) is 71.2. The molecular formula is C63H49BN2S2Si. The minimum atomic E-state index is -2.82. The van der Waals surface area contributed by atoms with E-state index in [1.807, 2.05) is 23.5 Å². The number of hydrogen-bond acceptors (Lipinski definition) is 4. The molecule has 15 rings (SSSR count). The van der Waals surface area contributed by atoms with Gasteiger partial charge < -0.3 is 9.71 Å². The van der Waals surface area contributed by atoms with Crippen LogP contribution in [0.15, 0.2) is 202 Å². The predicted octanol–water partition coefficient (Wildman–Crippen LogP) is 13.0. The predicted molar refractivity (Wildman–Crippen MR) is 296 cm³/mol. The van der Waals surface area contributed by atoms with E-state index in [4.69, 9.17) is 0 Å². The molecule has 5 heterocycles. The number of nitrogens with zero attached hydrogens (tertiary/aromatic N) is 2. The monoisotopic (exact) mass is 936 g/mol. The Morgan fingerprint density at radius 3 is 1.74 bits per heavy atom. The second-order valence-corrected chi connectivity index (χ2v) is 27.3. The SMILES string of the molecule is Cc1cc2c(cc1N1c3cc4c(cc3B3c5c(cc(-c6ccccc6)cc51)-c1cccc5c1N3c1ccccc1[Si]51c3ccccc3-c3ccccc31)Sc1ccccc1S4)C(C)(C)CCC2(C)C. The fraction of sp³-hybridized carbons (Fsp3) is 0.143. The maximum absolute atomic E-state index is 2.82. The number of benzene rings is 9. The summed E-state index contributed by atoms with van der Waals surface area (Å²) in [6.45, 7) is 12.1. The van der Waals surface area contributed by atoms with Crippen LogP contribution in [0.25, 0.3) is 33.4 Å². The van der Waals surface area contributed by atoms with Crippen molar-refractivity contribution in [2.75, 3.05) is 9.71 Å². The first-order valence-electron chi connectivity index (χ1n) is 24.7. The highest BCUT2D eigenvalue weighted by Crippen LogP contribution is 2.55. The summed E-state index contributed by atoms with van der Waals surface area (Å²) >= 11 is 3.86. The standard InChI is InChI=1S/C63H49BN2S2Si/c1-38-32-45-46(63(4,5)31-30-62(45,2)3)35-49(38)65-50-37-55-54(67-52-24-12-13-25-53(52)68-55)36-47(50)64-60-44(33-40(34-51(60)65)39-18-7-6-8-19-39)43-22-17-29-59-61(43)66(64)48-23-11-16-28-58(48)69(59)56-26-14-9-20-41(56)42-21-10-15-27-57(42)69/h6-29,32-37H,30-31H2,1-5H3. The van der Waals surface area contributed by atoms with Crippen LogP contribution in [0.3, 0.4) is 0 Å².